The van der Waals surface area contributed by atoms with Gasteiger partial charge in [-0.1, -0.05) is 25.1 Å². The van der Waals surface area contributed by atoms with Crippen LogP contribution in [0.15, 0.2) is 24.3 Å². The SMILES string of the molecule is CC[C@H](N)c1ccccc1N1CCC2CCC(C1)N2C. The van der Waals surface area contributed by atoms with Crippen LogP contribution >= 0.6 is 0 Å². The van der Waals surface area contributed by atoms with Crippen molar-refractivity contribution >= 4 is 5.69 Å². The molecule has 3 atom stereocenters. The number of benzene rings is 1. The molecule has 110 valence electrons. The van der Waals surface area contributed by atoms with E-state index in [9.17, 15) is 0 Å². The molecule has 2 fully saturated rings. The highest BCUT2D eigenvalue weighted by molar-refractivity contribution is 5.55. The number of nitrogens with zero attached hydrogens (tertiary/aromatic N) is 2. The summed E-state index contributed by atoms with van der Waals surface area (Å²) >= 11 is 0. The molecular weight excluding hydrogens is 246 g/mol. The summed E-state index contributed by atoms with van der Waals surface area (Å²) in [6.07, 6.45) is 5.00. The van der Waals surface area contributed by atoms with Crippen molar-refractivity contribution in [1.82, 2.24) is 4.90 Å². The number of rotatable bonds is 3. The maximum Gasteiger partial charge on any atom is 0.0415 e. The summed E-state index contributed by atoms with van der Waals surface area (Å²) in [5.41, 5.74) is 8.99. The molecule has 0 spiro atoms. The van der Waals surface area contributed by atoms with E-state index in [0.29, 0.717) is 6.04 Å². The molecule has 3 rings (SSSR count). The predicted octanol–water partition coefficient (Wildman–Crippen LogP) is 2.77. The molecule has 20 heavy (non-hydrogen) atoms. The molecule has 0 aliphatic carbocycles. The van der Waals surface area contributed by atoms with Crippen LogP contribution in [0.5, 0.6) is 0 Å². The van der Waals surface area contributed by atoms with E-state index in [1.54, 1.807) is 0 Å². The molecule has 2 heterocycles. The Bertz CT molecular complexity index is 459. The van der Waals surface area contributed by atoms with Crippen LogP contribution in [0.3, 0.4) is 0 Å². The molecule has 2 aliphatic rings. The van der Waals surface area contributed by atoms with E-state index in [1.807, 2.05) is 0 Å². The molecular formula is C17H27N3. The second kappa shape index (κ2) is 5.74. The Hall–Kier alpha value is -1.06. The zero-order valence-electron chi connectivity index (χ0n) is 12.8. The van der Waals surface area contributed by atoms with Crippen molar-refractivity contribution in [3.8, 4) is 0 Å². The molecule has 3 nitrogen and oxygen atoms in total. The third kappa shape index (κ3) is 2.45. The van der Waals surface area contributed by atoms with Crippen molar-refractivity contribution in [2.24, 2.45) is 5.73 Å². The molecule has 2 saturated heterocycles. The van der Waals surface area contributed by atoms with Crippen LogP contribution in [-0.2, 0) is 0 Å². The highest BCUT2D eigenvalue weighted by atomic mass is 15.3. The van der Waals surface area contributed by atoms with Gasteiger partial charge in [-0.15, -0.1) is 0 Å². The van der Waals surface area contributed by atoms with Crippen LogP contribution < -0.4 is 10.6 Å². The zero-order valence-corrected chi connectivity index (χ0v) is 12.8. The normalized spacial score (nSPS) is 28.4. The second-order valence-corrected chi connectivity index (χ2v) is 6.36. The average molecular weight is 273 g/mol. The van der Waals surface area contributed by atoms with Crippen molar-refractivity contribution in [1.29, 1.82) is 0 Å². The minimum Gasteiger partial charge on any atom is -0.370 e. The fraction of sp³-hybridized carbons (Fsp3) is 0.647. The monoisotopic (exact) mass is 273 g/mol. The van der Waals surface area contributed by atoms with Gasteiger partial charge in [-0.2, -0.15) is 0 Å². The van der Waals surface area contributed by atoms with E-state index in [1.165, 1.54) is 37.1 Å². The van der Waals surface area contributed by atoms with Crippen molar-refractivity contribution < 1.29 is 0 Å². The van der Waals surface area contributed by atoms with Gasteiger partial charge in [0.15, 0.2) is 0 Å². The zero-order chi connectivity index (χ0) is 14.1. The largest absolute Gasteiger partial charge is 0.370 e. The van der Waals surface area contributed by atoms with Gasteiger partial charge in [0.2, 0.25) is 0 Å². The molecule has 3 heteroatoms. The minimum absolute atomic E-state index is 0.157. The summed E-state index contributed by atoms with van der Waals surface area (Å²) in [6, 6.07) is 10.4. The molecule has 2 bridgehead atoms. The Morgan fingerprint density at radius 1 is 1.20 bits per heavy atom. The van der Waals surface area contributed by atoms with Crippen LogP contribution in [0.25, 0.3) is 0 Å². The Labute approximate surface area is 122 Å². The second-order valence-electron chi connectivity index (χ2n) is 6.36. The van der Waals surface area contributed by atoms with E-state index < -0.39 is 0 Å². The lowest BCUT2D eigenvalue weighted by atomic mass is 10.0. The van der Waals surface area contributed by atoms with Crippen molar-refractivity contribution in [3.05, 3.63) is 29.8 Å². The topological polar surface area (TPSA) is 32.5 Å². The summed E-state index contributed by atoms with van der Waals surface area (Å²) in [6.45, 7) is 4.49. The van der Waals surface area contributed by atoms with Crippen molar-refractivity contribution in [3.63, 3.8) is 0 Å². The fourth-order valence-corrected chi connectivity index (χ4v) is 3.84. The van der Waals surface area contributed by atoms with E-state index in [2.05, 4.69) is 48.0 Å². The summed E-state index contributed by atoms with van der Waals surface area (Å²) in [5.74, 6) is 0. The number of hydrogen-bond donors (Lipinski definition) is 1. The van der Waals surface area contributed by atoms with Gasteiger partial charge in [0.1, 0.15) is 0 Å². The Morgan fingerprint density at radius 3 is 2.75 bits per heavy atom. The molecule has 0 aromatic heterocycles. The van der Waals surface area contributed by atoms with E-state index in [0.717, 1.165) is 19.0 Å². The molecule has 1 aromatic rings. The van der Waals surface area contributed by atoms with E-state index >= 15 is 0 Å². The van der Waals surface area contributed by atoms with Gasteiger partial charge in [0.25, 0.3) is 0 Å². The lowest BCUT2D eigenvalue weighted by Gasteiger charge is -2.30. The summed E-state index contributed by atoms with van der Waals surface area (Å²) in [4.78, 5) is 5.17. The standard InChI is InChI=1S/C17H27N3/c1-3-16(18)15-6-4-5-7-17(15)20-11-10-13-8-9-14(12-20)19(13)2/h4-7,13-14,16H,3,8-12,18H2,1-2H3/t13?,14?,16-/m0/s1. The lowest BCUT2D eigenvalue weighted by molar-refractivity contribution is 0.254. The number of nitrogens with two attached hydrogens (primary N) is 1. The maximum atomic E-state index is 6.31. The number of likely N-dealkylation sites (N-methyl/N-ethyl adjacent to an activating group) is 1. The molecule has 2 aliphatic heterocycles. The predicted molar refractivity (Wildman–Crippen MR) is 85.1 cm³/mol. The van der Waals surface area contributed by atoms with Gasteiger partial charge in [0.05, 0.1) is 0 Å². The molecule has 1 aromatic carbocycles. The smallest absolute Gasteiger partial charge is 0.0415 e. The molecule has 0 radical (unpaired) electrons. The maximum absolute atomic E-state index is 6.31. The Kier molecular flexibility index (Phi) is 3.99. The van der Waals surface area contributed by atoms with Crippen molar-refractivity contribution in [2.45, 2.75) is 50.7 Å². The van der Waals surface area contributed by atoms with Crippen LogP contribution in [0.4, 0.5) is 5.69 Å². The molecule has 0 amide bonds. The minimum atomic E-state index is 0.157. The number of fused-ring (bicyclic) bond motifs is 2. The first-order valence-electron chi connectivity index (χ1n) is 8.02. The van der Waals surface area contributed by atoms with E-state index in [4.69, 9.17) is 5.73 Å². The van der Waals surface area contributed by atoms with Gasteiger partial charge < -0.3 is 10.6 Å². The summed E-state index contributed by atoms with van der Waals surface area (Å²) in [7, 11) is 2.30. The number of para-hydroxylation sites is 1. The van der Waals surface area contributed by atoms with Crippen molar-refractivity contribution in [2.75, 3.05) is 25.0 Å². The van der Waals surface area contributed by atoms with Gasteiger partial charge in [0, 0.05) is 36.9 Å². The van der Waals surface area contributed by atoms with Gasteiger partial charge in [-0.05, 0) is 44.4 Å². The first-order chi connectivity index (χ1) is 9.70. The number of anilines is 1. The van der Waals surface area contributed by atoms with E-state index in [-0.39, 0.29) is 6.04 Å². The van der Waals surface area contributed by atoms with Gasteiger partial charge in [-0.25, -0.2) is 0 Å². The summed E-state index contributed by atoms with van der Waals surface area (Å²) in [5, 5.41) is 0. The first kappa shape index (κ1) is 13.9. The quantitative estimate of drug-likeness (QED) is 0.919. The Morgan fingerprint density at radius 2 is 1.95 bits per heavy atom. The first-order valence-corrected chi connectivity index (χ1v) is 8.02. The average Bonchev–Trinajstić information content (AvgIpc) is 2.71. The third-order valence-electron chi connectivity index (χ3n) is 5.27. The van der Waals surface area contributed by atoms with Gasteiger partial charge in [-0.3, -0.25) is 4.90 Å². The molecule has 0 saturated carbocycles. The van der Waals surface area contributed by atoms with Crippen LogP contribution in [0.2, 0.25) is 0 Å². The number of hydrogen-bond acceptors (Lipinski definition) is 3. The molecule has 2 N–H and O–H groups in total. The highest BCUT2D eigenvalue weighted by Gasteiger charge is 2.35. The van der Waals surface area contributed by atoms with Crippen LogP contribution in [-0.4, -0.2) is 37.1 Å². The lowest BCUT2D eigenvalue weighted by Crippen LogP contribution is -2.37. The van der Waals surface area contributed by atoms with Crippen LogP contribution in [0.1, 0.15) is 44.2 Å². The summed E-state index contributed by atoms with van der Waals surface area (Å²) < 4.78 is 0. The van der Waals surface area contributed by atoms with Gasteiger partial charge >= 0.3 is 0 Å². The molecule has 2 unspecified atom stereocenters. The Balaban J connectivity index is 1.86. The fourth-order valence-electron chi connectivity index (χ4n) is 3.84. The third-order valence-corrected chi connectivity index (χ3v) is 5.27. The highest BCUT2D eigenvalue weighted by Crippen LogP contribution is 2.33. The van der Waals surface area contributed by atoms with Crippen LogP contribution in [0, 0.1) is 0 Å².